The van der Waals surface area contributed by atoms with E-state index in [2.05, 4.69) is 46.6 Å². The van der Waals surface area contributed by atoms with Gasteiger partial charge < -0.3 is 30.1 Å². The van der Waals surface area contributed by atoms with Gasteiger partial charge in [0, 0.05) is 59.3 Å². The van der Waals surface area contributed by atoms with Gasteiger partial charge in [0.05, 0.1) is 58.0 Å². The molecule has 8 rings (SSSR count). The maximum atomic E-state index is 6.15. The fourth-order valence-electron chi connectivity index (χ4n) is 7.66. The van der Waals surface area contributed by atoms with Crippen LogP contribution >= 0.6 is 23.5 Å². The van der Waals surface area contributed by atoms with Crippen LogP contribution in [-0.2, 0) is 0 Å². The molecule has 0 saturated carbocycles. The number of furan rings is 2. The van der Waals surface area contributed by atoms with E-state index in [9.17, 15) is 0 Å². The smallest absolute Gasteiger partial charge is 0.165 e. The summed E-state index contributed by atoms with van der Waals surface area (Å²) < 4.78 is 15.6. The molecule has 6 aromatic rings. The number of allylic oxidation sites excluding steroid dienone is 4. The third kappa shape index (κ3) is 9.34. The van der Waals surface area contributed by atoms with E-state index >= 15 is 0 Å². The molecule has 0 amide bonds. The monoisotopic (exact) mass is 843 g/mol. The van der Waals surface area contributed by atoms with Crippen LogP contribution in [-0.4, -0.2) is 73.2 Å². The number of anilines is 2. The normalized spacial score (nSPS) is 18.1. The van der Waals surface area contributed by atoms with Crippen molar-refractivity contribution in [3.05, 3.63) is 119 Å². The van der Waals surface area contributed by atoms with E-state index in [0.29, 0.717) is 23.5 Å². The minimum atomic E-state index is 0.299. The van der Waals surface area contributed by atoms with Gasteiger partial charge in [0.15, 0.2) is 11.3 Å². The molecule has 4 N–H and O–H groups in total. The molecule has 0 bridgehead atoms. The standard InChI is InChI=1S/C45H53N11O2S2/c1-27(2)14-42(59-7)53-40-18-37(31-10-8-12-46-20-31)52-45-36(23-50-55(40)45)34-17-39(58-25-34)30(6)48-26-60-43(15-28(3)4)54-41-19-38(32-11-9-13-47-21-32)51-44-35(22-49-56(41)44)33-16-29(5)57-24-33/h14-19,22-25,31-32,46-47,53-54H,1,3,8-13,20-21,26H2,2,4-7H3/b42-14-,43-15-,48-30+. The average molecular weight is 844 g/mol. The molecule has 2 saturated heterocycles. The zero-order valence-electron chi connectivity index (χ0n) is 35.0. The van der Waals surface area contributed by atoms with E-state index in [1.807, 2.05) is 79.7 Å². The van der Waals surface area contributed by atoms with Gasteiger partial charge in [0.25, 0.3) is 0 Å². The topological polar surface area (TPSA) is 147 Å². The second kappa shape index (κ2) is 18.5. The van der Waals surface area contributed by atoms with Crippen molar-refractivity contribution in [1.82, 2.24) is 39.8 Å². The van der Waals surface area contributed by atoms with Crippen LogP contribution in [0.25, 0.3) is 33.5 Å². The lowest BCUT2D eigenvalue weighted by molar-refractivity contribution is 0.455. The van der Waals surface area contributed by atoms with E-state index in [1.54, 1.807) is 36.1 Å². The Labute approximate surface area is 359 Å². The number of rotatable bonds is 15. The lowest BCUT2D eigenvalue weighted by Gasteiger charge is -2.23. The molecule has 2 unspecified atom stereocenters. The number of nitrogens with one attached hydrogen (secondary N) is 4. The molecule has 6 aromatic heterocycles. The minimum absolute atomic E-state index is 0.299. The van der Waals surface area contributed by atoms with E-state index in [-0.39, 0.29) is 0 Å². The first-order valence-corrected chi connectivity index (χ1v) is 22.6. The van der Waals surface area contributed by atoms with Crippen molar-refractivity contribution in [3.63, 3.8) is 0 Å². The Balaban J connectivity index is 1.04. The predicted octanol–water partition coefficient (Wildman–Crippen LogP) is 9.76. The van der Waals surface area contributed by atoms with E-state index in [4.69, 9.17) is 34.0 Å². The van der Waals surface area contributed by atoms with Crippen LogP contribution < -0.4 is 21.3 Å². The zero-order valence-corrected chi connectivity index (χ0v) is 36.6. The number of aryl methyl sites for hydroxylation is 1. The van der Waals surface area contributed by atoms with Crippen molar-refractivity contribution >= 4 is 52.2 Å². The molecule has 15 heteroatoms. The summed E-state index contributed by atoms with van der Waals surface area (Å²) >= 11 is 3.21. The average Bonchev–Trinajstić information content (AvgIpc) is 4.07. The molecular weight excluding hydrogens is 791 g/mol. The largest absolute Gasteiger partial charge is 0.469 e. The third-order valence-electron chi connectivity index (χ3n) is 10.7. The zero-order chi connectivity index (χ0) is 41.8. The maximum Gasteiger partial charge on any atom is 0.165 e. The van der Waals surface area contributed by atoms with Crippen LogP contribution in [0.5, 0.6) is 0 Å². The SMILES string of the molecule is C=C(C)/C=C(/Nc1cc(C2CCCNC2)nc2c(-c3coc(/C(C)=N/CS/C(=C\C(=C)C)Nc4cc(C5CCCNC5)nc5c(-c6coc(C)c6)cnn45)c3)cnn12)SC. The number of nitrogens with zero attached hydrogens (tertiary/aromatic N) is 7. The number of aromatic nitrogens is 6. The van der Waals surface area contributed by atoms with E-state index in [1.165, 1.54) is 0 Å². The number of fused-ring (bicyclic) bond motifs is 2. The molecule has 0 aromatic carbocycles. The molecule has 2 aliphatic rings. The molecule has 2 atom stereocenters. The number of hydrogen-bond donors (Lipinski definition) is 4. The van der Waals surface area contributed by atoms with Crippen molar-refractivity contribution in [3.8, 4) is 22.3 Å². The van der Waals surface area contributed by atoms with Gasteiger partial charge in [-0.1, -0.05) is 36.1 Å². The minimum Gasteiger partial charge on any atom is -0.469 e. The molecule has 13 nitrogen and oxygen atoms in total. The van der Waals surface area contributed by atoms with Gasteiger partial charge in [-0.05, 0) is 97.0 Å². The second-order valence-electron chi connectivity index (χ2n) is 15.6. The molecule has 0 spiro atoms. The molecule has 60 heavy (non-hydrogen) atoms. The van der Waals surface area contributed by atoms with Crippen LogP contribution in [0.2, 0.25) is 0 Å². The van der Waals surface area contributed by atoms with Crippen molar-refractivity contribution < 1.29 is 8.83 Å². The maximum absolute atomic E-state index is 6.15. The number of piperidine rings is 2. The van der Waals surface area contributed by atoms with Gasteiger partial charge in [0.2, 0.25) is 0 Å². The highest BCUT2D eigenvalue weighted by Crippen LogP contribution is 2.34. The van der Waals surface area contributed by atoms with Gasteiger partial charge in [-0.2, -0.15) is 19.2 Å². The lowest BCUT2D eigenvalue weighted by atomic mass is 9.96. The number of aliphatic imine (C=N–C) groups is 1. The Bertz CT molecular complexity index is 2610. The quantitative estimate of drug-likeness (QED) is 0.0577. The molecule has 312 valence electrons. The Morgan fingerprint density at radius 1 is 0.817 bits per heavy atom. The molecular formula is C45H53N11O2S2. The number of thioether (sulfide) groups is 2. The van der Waals surface area contributed by atoms with Crippen LogP contribution in [0.4, 0.5) is 11.6 Å². The van der Waals surface area contributed by atoms with Gasteiger partial charge in [-0.25, -0.2) is 9.97 Å². The molecule has 2 aliphatic heterocycles. The first-order chi connectivity index (χ1) is 29.1. The van der Waals surface area contributed by atoms with Crippen LogP contribution in [0.1, 0.15) is 81.2 Å². The van der Waals surface area contributed by atoms with Gasteiger partial charge in [-0.3, -0.25) is 4.99 Å². The Kier molecular flexibility index (Phi) is 12.8. The highest BCUT2D eigenvalue weighted by atomic mass is 32.2. The second-order valence-corrected chi connectivity index (χ2v) is 17.5. The fraction of sp³-hybridized carbons (Fsp3) is 0.356. The summed E-state index contributed by atoms with van der Waals surface area (Å²) in [5.74, 6) is 4.26. The summed E-state index contributed by atoms with van der Waals surface area (Å²) in [5.41, 5.74) is 9.95. The summed E-state index contributed by atoms with van der Waals surface area (Å²) in [6.45, 7) is 20.0. The first-order valence-electron chi connectivity index (χ1n) is 20.4. The van der Waals surface area contributed by atoms with Crippen LogP contribution in [0, 0.1) is 6.92 Å². The highest BCUT2D eigenvalue weighted by molar-refractivity contribution is 8.03. The molecule has 0 aliphatic carbocycles. The summed E-state index contributed by atoms with van der Waals surface area (Å²) in [7, 11) is 0. The van der Waals surface area contributed by atoms with Crippen molar-refractivity contribution in [1.29, 1.82) is 0 Å². The van der Waals surface area contributed by atoms with Crippen LogP contribution in [0.3, 0.4) is 0 Å². The summed E-state index contributed by atoms with van der Waals surface area (Å²) in [6.07, 6.45) is 17.8. The predicted molar refractivity (Wildman–Crippen MR) is 247 cm³/mol. The van der Waals surface area contributed by atoms with Gasteiger partial charge >= 0.3 is 0 Å². The van der Waals surface area contributed by atoms with Crippen molar-refractivity contribution in [2.75, 3.05) is 48.9 Å². The van der Waals surface area contributed by atoms with Crippen molar-refractivity contribution in [2.24, 2.45) is 4.99 Å². The summed E-state index contributed by atoms with van der Waals surface area (Å²) in [4.78, 5) is 15.3. The van der Waals surface area contributed by atoms with Crippen LogP contribution in [0.15, 0.2) is 110 Å². The first kappa shape index (κ1) is 41.4. The van der Waals surface area contributed by atoms with Crippen molar-refractivity contribution in [2.45, 2.75) is 65.2 Å². The van der Waals surface area contributed by atoms with Gasteiger partial charge in [-0.15, -0.1) is 11.8 Å². The van der Waals surface area contributed by atoms with E-state index in [0.717, 1.165) is 141 Å². The van der Waals surface area contributed by atoms with E-state index < -0.39 is 0 Å². The molecule has 2 fully saturated rings. The third-order valence-corrected chi connectivity index (χ3v) is 12.2. The molecule has 8 heterocycles. The Hall–Kier alpha value is -5.35. The Morgan fingerprint density at radius 2 is 1.37 bits per heavy atom. The Morgan fingerprint density at radius 3 is 1.88 bits per heavy atom. The summed E-state index contributed by atoms with van der Waals surface area (Å²) in [6, 6.07) is 8.29. The van der Waals surface area contributed by atoms with Gasteiger partial charge in [0.1, 0.15) is 23.2 Å². The fourth-order valence-corrected chi connectivity index (χ4v) is 9.05. The summed E-state index contributed by atoms with van der Waals surface area (Å²) in [5, 5.41) is 25.8. The highest BCUT2D eigenvalue weighted by Gasteiger charge is 2.24. The molecule has 0 radical (unpaired) electrons. The lowest BCUT2D eigenvalue weighted by Crippen LogP contribution is -2.29. The number of hydrogen-bond acceptors (Lipinski definition) is 13.